The number of fused-ring (bicyclic) bond motifs is 1. The van der Waals surface area contributed by atoms with Crippen LogP contribution in [0.15, 0.2) is 18.2 Å². The average Bonchev–Trinajstić information content (AvgIpc) is 3.33. The molecule has 1 fully saturated rings. The molecule has 2 amide bonds. The lowest BCUT2D eigenvalue weighted by molar-refractivity contribution is -0.654. The minimum atomic E-state index is -0.639. The van der Waals surface area contributed by atoms with Crippen LogP contribution in [-0.2, 0) is 29.7 Å². The van der Waals surface area contributed by atoms with Crippen molar-refractivity contribution in [3.63, 3.8) is 0 Å². The fourth-order valence-corrected chi connectivity index (χ4v) is 4.04. The molecule has 1 aliphatic rings. The summed E-state index contributed by atoms with van der Waals surface area (Å²) in [4.78, 5) is 44.8. The first-order chi connectivity index (χ1) is 16.2. The minimum absolute atomic E-state index is 0.0575. The number of aryl methyl sites for hydroxylation is 2. The SMILES string of the molecule is CCn1c(CNC(=O)c2nc(Cl)c(N)nc2N)[n+](C)c2ccc(C(=O)N[C@@H]3CCOC3=O)cc21. The summed E-state index contributed by atoms with van der Waals surface area (Å²) in [6, 6.07) is 4.62. The van der Waals surface area contributed by atoms with Crippen molar-refractivity contribution in [1.82, 2.24) is 25.2 Å². The molecule has 13 heteroatoms. The molecule has 178 valence electrons. The molecule has 4 rings (SSSR count). The number of halogens is 1. The second-order valence-electron chi connectivity index (χ2n) is 7.72. The van der Waals surface area contributed by atoms with E-state index >= 15 is 0 Å². The molecule has 1 aliphatic heterocycles. The van der Waals surface area contributed by atoms with Crippen LogP contribution in [0, 0.1) is 0 Å². The standard InChI is InChI=1S/C21H23ClN8O4/c1-3-30-13-8-10(19(31)26-11-6-7-34-21(11)33)4-5-12(13)29(2)14(30)9-25-20(32)15-17(23)28-18(24)16(22)27-15/h4-5,8,11H,3,6-7,9H2,1-2H3,(H5-,23,24,25,26,28,31,32)/p+1/t11-/m1/s1. The number of hydrogen-bond acceptors (Lipinski definition) is 8. The number of nitrogens with zero attached hydrogens (tertiary/aromatic N) is 4. The number of nitrogens with one attached hydrogen (secondary N) is 2. The highest BCUT2D eigenvalue weighted by Gasteiger charge is 2.29. The lowest BCUT2D eigenvalue weighted by atomic mass is 10.1. The van der Waals surface area contributed by atoms with Gasteiger partial charge in [-0.1, -0.05) is 11.6 Å². The third kappa shape index (κ3) is 4.19. The van der Waals surface area contributed by atoms with Crippen LogP contribution in [0.5, 0.6) is 0 Å². The van der Waals surface area contributed by atoms with E-state index in [9.17, 15) is 14.4 Å². The monoisotopic (exact) mass is 487 g/mol. The summed E-state index contributed by atoms with van der Waals surface area (Å²) in [5, 5.41) is 5.38. The van der Waals surface area contributed by atoms with Crippen molar-refractivity contribution in [2.45, 2.75) is 32.5 Å². The highest BCUT2D eigenvalue weighted by molar-refractivity contribution is 6.31. The van der Waals surface area contributed by atoms with E-state index in [4.69, 9.17) is 27.8 Å². The number of aromatic nitrogens is 4. The quantitative estimate of drug-likeness (QED) is 0.279. The van der Waals surface area contributed by atoms with E-state index in [2.05, 4.69) is 20.6 Å². The summed E-state index contributed by atoms with van der Waals surface area (Å²) in [5.74, 6) is -0.747. The molecular formula is C21H24ClN8O4+. The highest BCUT2D eigenvalue weighted by Crippen LogP contribution is 2.19. The molecule has 0 unspecified atom stereocenters. The van der Waals surface area contributed by atoms with Gasteiger partial charge in [0.2, 0.25) is 0 Å². The van der Waals surface area contributed by atoms with Gasteiger partial charge < -0.3 is 26.8 Å². The number of esters is 1. The largest absolute Gasteiger partial charge is 0.464 e. The number of nitrogen functional groups attached to an aromatic ring is 2. The molecular weight excluding hydrogens is 464 g/mol. The maximum absolute atomic E-state index is 12.7. The summed E-state index contributed by atoms with van der Waals surface area (Å²) >= 11 is 5.87. The Hall–Kier alpha value is -3.93. The third-order valence-corrected chi connectivity index (χ3v) is 5.95. The van der Waals surface area contributed by atoms with Gasteiger partial charge in [0.1, 0.15) is 12.6 Å². The zero-order valence-corrected chi connectivity index (χ0v) is 19.3. The molecule has 0 aliphatic carbocycles. The molecule has 3 aromatic rings. The summed E-state index contributed by atoms with van der Waals surface area (Å²) in [7, 11) is 1.86. The number of hydrogen-bond donors (Lipinski definition) is 4. The van der Waals surface area contributed by atoms with Crippen LogP contribution in [0.1, 0.15) is 40.0 Å². The van der Waals surface area contributed by atoms with Gasteiger partial charge in [-0.25, -0.2) is 23.9 Å². The van der Waals surface area contributed by atoms with Crippen LogP contribution in [0.25, 0.3) is 11.0 Å². The second kappa shape index (κ2) is 9.14. The molecule has 34 heavy (non-hydrogen) atoms. The van der Waals surface area contributed by atoms with Crippen molar-refractivity contribution in [3.8, 4) is 0 Å². The molecule has 2 aromatic heterocycles. The molecule has 0 saturated carbocycles. The normalized spacial score (nSPS) is 15.4. The molecule has 0 spiro atoms. The fraction of sp³-hybridized carbons (Fsp3) is 0.333. The molecule has 0 bridgehead atoms. The molecule has 12 nitrogen and oxygen atoms in total. The predicted molar refractivity (Wildman–Crippen MR) is 123 cm³/mol. The molecule has 1 atom stereocenters. The van der Waals surface area contributed by atoms with Gasteiger partial charge in [0.05, 0.1) is 20.2 Å². The van der Waals surface area contributed by atoms with E-state index in [0.717, 1.165) is 16.9 Å². The number of benzene rings is 1. The number of amides is 2. The smallest absolute Gasteiger partial charge is 0.328 e. The van der Waals surface area contributed by atoms with Crippen LogP contribution in [0.2, 0.25) is 5.15 Å². The number of carbonyl (C=O) groups is 3. The lowest BCUT2D eigenvalue weighted by Gasteiger charge is -2.08. The number of nitrogens with two attached hydrogens (primary N) is 2. The summed E-state index contributed by atoms with van der Waals surface area (Å²) in [6.07, 6.45) is 0.449. The van der Waals surface area contributed by atoms with Gasteiger partial charge in [-0.15, -0.1) is 0 Å². The number of carbonyl (C=O) groups excluding carboxylic acids is 3. The minimum Gasteiger partial charge on any atom is -0.464 e. The van der Waals surface area contributed by atoms with Gasteiger partial charge in [0.15, 0.2) is 33.5 Å². The van der Waals surface area contributed by atoms with Crippen molar-refractivity contribution < 1.29 is 23.7 Å². The molecule has 6 N–H and O–H groups in total. The van der Waals surface area contributed by atoms with Gasteiger partial charge in [-0.3, -0.25) is 9.59 Å². The van der Waals surface area contributed by atoms with Crippen LogP contribution in [-0.4, -0.2) is 45.0 Å². The maximum Gasteiger partial charge on any atom is 0.328 e. The van der Waals surface area contributed by atoms with Crippen molar-refractivity contribution >= 4 is 52.1 Å². The zero-order chi connectivity index (χ0) is 24.6. The van der Waals surface area contributed by atoms with E-state index in [0.29, 0.717) is 25.1 Å². The second-order valence-corrected chi connectivity index (χ2v) is 8.08. The number of cyclic esters (lactones) is 1. The van der Waals surface area contributed by atoms with Gasteiger partial charge in [-0.2, -0.15) is 0 Å². The summed E-state index contributed by atoms with van der Waals surface area (Å²) in [6.45, 7) is 2.98. The Morgan fingerprint density at radius 2 is 2.03 bits per heavy atom. The molecule has 1 saturated heterocycles. The van der Waals surface area contributed by atoms with Gasteiger partial charge in [0, 0.05) is 18.1 Å². The fourth-order valence-electron chi connectivity index (χ4n) is 3.91. The van der Waals surface area contributed by atoms with Crippen molar-refractivity contribution in [2.24, 2.45) is 7.05 Å². The first kappa shape index (κ1) is 23.2. The van der Waals surface area contributed by atoms with E-state index in [1.165, 1.54) is 0 Å². The Balaban J connectivity index is 1.59. The lowest BCUT2D eigenvalue weighted by Crippen LogP contribution is -2.38. The van der Waals surface area contributed by atoms with Crippen LogP contribution in [0.4, 0.5) is 11.6 Å². The number of anilines is 2. The Labute approximate surface area is 199 Å². The maximum atomic E-state index is 12.7. The highest BCUT2D eigenvalue weighted by atomic mass is 35.5. The van der Waals surface area contributed by atoms with E-state index < -0.39 is 17.9 Å². The van der Waals surface area contributed by atoms with Crippen molar-refractivity contribution in [3.05, 3.63) is 40.4 Å². The van der Waals surface area contributed by atoms with Gasteiger partial charge in [0.25, 0.3) is 17.6 Å². The number of imidazole rings is 1. The van der Waals surface area contributed by atoms with E-state index in [-0.39, 0.29) is 34.9 Å². The molecule has 3 heterocycles. The average molecular weight is 488 g/mol. The number of rotatable bonds is 6. The molecule has 0 radical (unpaired) electrons. The van der Waals surface area contributed by atoms with Crippen LogP contribution >= 0.6 is 11.6 Å². The number of ether oxygens (including phenoxy) is 1. The Bertz CT molecular complexity index is 1320. The van der Waals surface area contributed by atoms with Gasteiger partial charge >= 0.3 is 5.97 Å². The van der Waals surface area contributed by atoms with E-state index in [1.54, 1.807) is 12.1 Å². The third-order valence-electron chi connectivity index (χ3n) is 5.67. The van der Waals surface area contributed by atoms with Crippen molar-refractivity contribution in [1.29, 1.82) is 0 Å². The first-order valence-corrected chi connectivity index (χ1v) is 10.9. The first-order valence-electron chi connectivity index (χ1n) is 10.6. The Morgan fingerprint density at radius 1 is 1.26 bits per heavy atom. The van der Waals surface area contributed by atoms with Crippen LogP contribution in [0.3, 0.4) is 0 Å². The molecule has 1 aromatic carbocycles. The Kier molecular flexibility index (Phi) is 6.24. The summed E-state index contributed by atoms with van der Waals surface area (Å²) in [5.41, 5.74) is 13.3. The summed E-state index contributed by atoms with van der Waals surface area (Å²) < 4.78 is 8.79. The zero-order valence-electron chi connectivity index (χ0n) is 18.6. The topological polar surface area (TPSA) is 171 Å². The van der Waals surface area contributed by atoms with E-state index in [1.807, 2.05) is 29.2 Å². The van der Waals surface area contributed by atoms with Crippen LogP contribution < -0.4 is 26.7 Å². The van der Waals surface area contributed by atoms with Crippen molar-refractivity contribution in [2.75, 3.05) is 18.1 Å². The predicted octanol–water partition coefficient (Wildman–Crippen LogP) is 0.0688. The Morgan fingerprint density at radius 3 is 2.71 bits per heavy atom. The van der Waals surface area contributed by atoms with Gasteiger partial charge in [-0.05, 0) is 19.1 Å².